The summed E-state index contributed by atoms with van der Waals surface area (Å²) in [6, 6.07) is 19.8. The summed E-state index contributed by atoms with van der Waals surface area (Å²) in [5.41, 5.74) is 1.39. The van der Waals surface area contributed by atoms with Gasteiger partial charge in [0.1, 0.15) is 11.1 Å². The summed E-state index contributed by atoms with van der Waals surface area (Å²) in [6.07, 6.45) is 5.86. The van der Waals surface area contributed by atoms with Crippen LogP contribution >= 0.6 is 23.4 Å². The molecule has 0 radical (unpaired) electrons. The van der Waals surface area contributed by atoms with Crippen LogP contribution in [0.2, 0.25) is 5.02 Å². The predicted octanol–water partition coefficient (Wildman–Crippen LogP) is 5.81. The van der Waals surface area contributed by atoms with Crippen molar-refractivity contribution >= 4 is 52.7 Å². The Kier molecular flexibility index (Phi) is 8.40. The van der Waals surface area contributed by atoms with Crippen molar-refractivity contribution in [1.82, 2.24) is 4.98 Å². The van der Waals surface area contributed by atoms with Crippen molar-refractivity contribution in [2.75, 3.05) is 10.6 Å². The lowest BCUT2D eigenvalue weighted by Gasteiger charge is -2.24. The number of allylic oxidation sites excluding steroid dienone is 2. The predicted molar refractivity (Wildman–Crippen MR) is 141 cm³/mol. The molecule has 0 bridgehead atoms. The quantitative estimate of drug-likeness (QED) is 0.255. The van der Waals surface area contributed by atoms with E-state index in [1.165, 1.54) is 18.0 Å². The summed E-state index contributed by atoms with van der Waals surface area (Å²) in [4.78, 5) is 42.4. The third kappa shape index (κ3) is 6.53. The number of carboxylic acids is 1. The van der Waals surface area contributed by atoms with Gasteiger partial charge in [0.2, 0.25) is 11.8 Å². The standard InChI is InChI=1S/C27H24ClN3O4S/c28-18-10-15-23(29-16-18)31-26(33)24(17-6-2-1-3-7-17)36-20-13-11-19(12-14-20)30-25(32)21-8-4-5-9-22(21)27(34)35/h1-7,10-16,21-22,24H,8-9H2,(H,30,32)(H,34,35)(H,29,31,33). The summed E-state index contributed by atoms with van der Waals surface area (Å²) in [7, 11) is 0. The summed E-state index contributed by atoms with van der Waals surface area (Å²) < 4.78 is 0. The van der Waals surface area contributed by atoms with E-state index in [1.54, 1.807) is 30.3 Å². The zero-order chi connectivity index (χ0) is 25.5. The first kappa shape index (κ1) is 25.5. The third-order valence-electron chi connectivity index (χ3n) is 5.78. The second-order valence-electron chi connectivity index (χ2n) is 8.27. The first-order valence-electron chi connectivity index (χ1n) is 11.3. The molecular weight excluding hydrogens is 498 g/mol. The van der Waals surface area contributed by atoms with Gasteiger partial charge < -0.3 is 15.7 Å². The molecule has 0 fully saturated rings. The van der Waals surface area contributed by atoms with Crippen molar-refractivity contribution in [2.45, 2.75) is 23.0 Å². The van der Waals surface area contributed by atoms with Gasteiger partial charge in [-0.05, 0) is 54.8 Å². The van der Waals surface area contributed by atoms with E-state index in [-0.39, 0.29) is 11.8 Å². The molecule has 2 amide bonds. The number of anilines is 2. The molecule has 184 valence electrons. The average Bonchev–Trinajstić information content (AvgIpc) is 2.90. The zero-order valence-corrected chi connectivity index (χ0v) is 20.7. The van der Waals surface area contributed by atoms with Crippen molar-refractivity contribution in [3.05, 3.63) is 95.7 Å². The molecule has 1 heterocycles. The van der Waals surface area contributed by atoms with Crippen LogP contribution in [0.1, 0.15) is 23.7 Å². The molecule has 2 aromatic carbocycles. The molecule has 7 nitrogen and oxygen atoms in total. The lowest BCUT2D eigenvalue weighted by Crippen LogP contribution is -2.34. The monoisotopic (exact) mass is 521 g/mol. The van der Waals surface area contributed by atoms with Crippen LogP contribution < -0.4 is 10.6 Å². The van der Waals surface area contributed by atoms with Crippen LogP contribution in [-0.4, -0.2) is 27.9 Å². The number of carboxylic acid groups (broad SMARTS) is 1. The first-order chi connectivity index (χ1) is 17.4. The number of benzene rings is 2. The van der Waals surface area contributed by atoms with Crippen molar-refractivity contribution in [2.24, 2.45) is 11.8 Å². The molecular formula is C27H24ClN3O4S. The number of hydrogen-bond donors (Lipinski definition) is 3. The average molecular weight is 522 g/mol. The SMILES string of the molecule is O=C(Nc1ccc(Cl)cn1)C(Sc1ccc(NC(=O)C2CC=CCC2C(=O)O)cc1)c1ccccc1. The normalized spacial score (nSPS) is 17.7. The molecule has 3 N–H and O–H groups in total. The second kappa shape index (κ2) is 11.9. The van der Waals surface area contributed by atoms with Gasteiger partial charge in [-0.1, -0.05) is 54.1 Å². The fourth-order valence-electron chi connectivity index (χ4n) is 3.91. The number of carbonyl (C=O) groups excluding carboxylic acids is 2. The minimum atomic E-state index is -0.967. The van der Waals surface area contributed by atoms with Gasteiger partial charge in [-0.3, -0.25) is 14.4 Å². The Morgan fingerprint density at radius 2 is 1.61 bits per heavy atom. The van der Waals surface area contributed by atoms with Gasteiger partial charge in [-0.25, -0.2) is 4.98 Å². The number of hydrogen-bond acceptors (Lipinski definition) is 5. The molecule has 0 saturated heterocycles. The maximum Gasteiger partial charge on any atom is 0.307 e. The zero-order valence-electron chi connectivity index (χ0n) is 19.1. The van der Waals surface area contributed by atoms with Crippen molar-refractivity contribution < 1.29 is 19.5 Å². The summed E-state index contributed by atoms with van der Waals surface area (Å²) >= 11 is 7.26. The van der Waals surface area contributed by atoms with E-state index < -0.39 is 23.1 Å². The Morgan fingerprint density at radius 3 is 2.25 bits per heavy atom. The number of carbonyl (C=O) groups is 3. The fourth-order valence-corrected chi connectivity index (χ4v) is 5.04. The molecule has 0 aliphatic heterocycles. The molecule has 36 heavy (non-hydrogen) atoms. The van der Waals surface area contributed by atoms with Gasteiger partial charge in [-0.15, -0.1) is 11.8 Å². The van der Waals surface area contributed by atoms with E-state index in [0.717, 1.165) is 10.5 Å². The molecule has 1 aliphatic rings. The summed E-state index contributed by atoms with van der Waals surface area (Å²) in [6.45, 7) is 0. The number of thioether (sulfide) groups is 1. The van der Waals surface area contributed by atoms with Gasteiger partial charge >= 0.3 is 5.97 Å². The van der Waals surface area contributed by atoms with E-state index in [0.29, 0.717) is 29.4 Å². The Hall–Kier alpha value is -3.62. The third-order valence-corrected chi connectivity index (χ3v) is 7.27. The Bertz CT molecular complexity index is 1250. The lowest BCUT2D eigenvalue weighted by atomic mass is 9.82. The number of amides is 2. The number of rotatable bonds is 8. The van der Waals surface area contributed by atoms with Gasteiger partial charge in [0.25, 0.3) is 0 Å². The minimum absolute atomic E-state index is 0.233. The highest BCUT2D eigenvalue weighted by atomic mass is 35.5. The molecule has 3 unspecified atom stereocenters. The number of pyridine rings is 1. The molecule has 0 spiro atoms. The number of nitrogens with one attached hydrogen (secondary N) is 2. The number of aromatic nitrogens is 1. The molecule has 1 aromatic heterocycles. The van der Waals surface area contributed by atoms with Gasteiger partial charge in [0.15, 0.2) is 0 Å². The van der Waals surface area contributed by atoms with E-state index in [9.17, 15) is 19.5 Å². The molecule has 9 heteroatoms. The molecule has 3 aromatic rings. The fraction of sp³-hybridized carbons (Fsp3) is 0.185. The van der Waals surface area contributed by atoms with Crippen molar-refractivity contribution in [1.29, 1.82) is 0 Å². The van der Waals surface area contributed by atoms with E-state index in [4.69, 9.17) is 11.6 Å². The van der Waals surface area contributed by atoms with Crippen LogP contribution in [0.5, 0.6) is 0 Å². The first-order valence-corrected chi connectivity index (χ1v) is 12.6. The number of halogens is 1. The Morgan fingerprint density at radius 1 is 0.917 bits per heavy atom. The highest BCUT2D eigenvalue weighted by molar-refractivity contribution is 8.00. The maximum absolute atomic E-state index is 13.2. The highest BCUT2D eigenvalue weighted by Gasteiger charge is 2.34. The van der Waals surface area contributed by atoms with Gasteiger partial charge in [-0.2, -0.15) is 0 Å². The molecule has 3 atom stereocenters. The van der Waals surface area contributed by atoms with Crippen molar-refractivity contribution in [3.8, 4) is 0 Å². The Balaban J connectivity index is 1.46. The summed E-state index contributed by atoms with van der Waals surface area (Å²) in [5.74, 6) is -2.46. The Labute approximate surface area is 218 Å². The number of nitrogens with zero attached hydrogens (tertiary/aromatic N) is 1. The van der Waals surface area contributed by atoms with E-state index >= 15 is 0 Å². The lowest BCUT2D eigenvalue weighted by molar-refractivity contribution is -0.146. The van der Waals surface area contributed by atoms with Crippen molar-refractivity contribution in [3.63, 3.8) is 0 Å². The molecule has 4 rings (SSSR count). The van der Waals surface area contributed by atoms with Crippen LogP contribution in [0.15, 0.2) is 90.0 Å². The van der Waals surface area contributed by atoms with Gasteiger partial charge in [0, 0.05) is 16.8 Å². The van der Waals surface area contributed by atoms with E-state index in [1.807, 2.05) is 48.5 Å². The maximum atomic E-state index is 13.2. The largest absolute Gasteiger partial charge is 0.481 e. The number of aliphatic carboxylic acids is 1. The van der Waals surface area contributed by atoms with Crippen LogP contribution in [0, 0.1) is 11.8 Å². The highest BCUT2D eigenvalue weighted by Crippen LogP contribution is 2.37. The van der Waals surface area contributed by atoms with E-state index in [2.05, 4.69) is 15.6 Å². The summed E-state index contributed by atoms with van der Waals surface area (Å²) in [5, 5.41) is 15.0. The van der Waals surface area contributed by atoms with Crippen LogP contribution in [0.4, 0.5) is 11.5 Å². The van der Waals surface area contributed by atoms with Gasteiger partial charge in [0.05, 0.1) is 16.9 Å². The van der Waals surface area contributed by atoms with Crippen LogP contribution in [0.3, 0.4) is 0 Å². The van der Waals surface area contributed by atoms with Crippen LogP contribution in [0.25, 0.3) is 0 Å². The smallest absolute Gasteiger partial charge is 0.307 e. The van der Waals surface area contributed by atoms with Crippen LogP contribution in [-0.2, 0) is 14.4 Å². The minimum Gasteiger partial charge on any atom is -0.481 e. The second-order valence-corrected chi connectivity index (χ2v) is 9.88. The molecule has 1 aliphatic carbocycles. The molecule has 0 saturated carbocycles. The topological polar surface area (TPSA) is 108 Å².